The van der Waals surface area contributed by atoms with E-state index >= 15 is 0 Å². The Morgan fingerprint density at radius 1 is 1.12 bits per heavy atom. The summed E-state index contributed by atoms with van der Waals surface area (Å²) in [5.41, 5.74) is 0.390. The van der Waals surface area contributed by atoms with Crippen molar-refractivity contribution in [3.63, 3.8) is 0 Å². The average molecular weight is 461 g/mol. The third-order valence-corrected chi connectivity index (χ3v) is 7.57. The highest BCUT2D eigenvalue weighted by Crippen LogP contribution is 2.27. The Bertz CT molecular complexity index is 926. The van der Waals surface area contributed by atoms with E-state index in [4.69, 9.17) is 11.6 Å². The summed E-state index contributed by atoms with van der Waals surface area (Å²) in [4.78, 5) is 14.4. The van der Waals surface area contributed by atoms with Crippen molar-refractivity contribution in [2.75, 3.05) is 13.1 Å². The fraction of sp³-hybridized carbons (Fsp3) is 0.278. The first-order valence-corrected chi connectivity index (χ1v) is 10.7. The van der Waals surface area contributed by atoms with Gasteiger partial charge < -0.3 is 4.90 Å². The number of amides is 1. The molecule has 0 radical (unpaired) electrons. The van der Waals surface area contributed by atoms with Crippen LogP contribution in [0.25, 0.3) is 0 Å². The van der Waals surface area contributed by atoms with Gasteiger partial charge in [0.15, 0.2) is 9.84 Å². The Balaban J connectivity index is 1.71. The largest absolute Gasteiger partial charge is 0.339 e. The molecule has 4 nitrogen and oxygen atoms in total. The summed E-state index contributed by atoms with van der Waals surface area (Å²) >= 11 is 9.43. The van der Waals surface area contributed by atoms with E-state index in [1.807, 2.05) is 0 Å². The maximum absolute atomic E-state index is 13.0. The molecule has 138 valence electrons. The minimum Gasteiger partial charge on any atom is -0.339 e. The molecule has 0 unspecified atom stereocenters. The molecule has 1 amide bonds. The van der Waals surface area contributed by atoms with Gasteiger partial charge in [0.05, 0.1) is 20.7 Å². The third-order valence-electron chi connectivity index (χ3n) is 4.47. The number of likely N-dealkylation sites (tertiary alicyclic amines) is 1. The van der Waals surface area contributed by atoms with E-state index in [1.54, 1.807) is 23.1 Å². The van der Waals surface area contributed by atoms with Gasteiger partial charge in [-0.2, -0.15) is 0 Å². The lowest BCUT2D eigenvalue weighted by molar-refractivity contribution is 0.0725. The summed E-state index contributed by atoms with van der Waals surface area (Å²) < 4.78 is 39.2. The topological polar surface area (TPSA) is 54.5 Å². The van der Waals surface area contributed by atoms with Crippen LogP contribution in [0.15, 0.2) is 51.8 Å². The van der Waals surface area contributed by atoms with Crippen molar-refractivity contribution in [3.05, 3.63) is 63.3 Å². The van der Waals surface area contributed by atoms with Crippen LogP contribution in [0, 0.1) is 5.82 Å². The predicted molar refractivity (Wildman–Crippen MR) is 102 cm³/mol. The first kappa shape index (κ1) is 19.3. The molecule has 0 aliphatic carbocycles. The molecule has 1 heterocycles. The van der Waals surface area contributed by atoms with Crippen LogP contribution in [-0.4, -0.2) is 37.6 Å². The molecule has 3 rings (SSSR count). The molecular formula is C18H16BrClFNO3S. The molecule has 0 spiro atoms. The molecule has 1 aliphatic heterocycles. The molecule has 0 aromatic heterocycles. The van der Waals surface area contributed by atoms with E-state index in [0.717, 1.165) is 16.6 Å². The van der Waals surface area contributed by atoms with E-state index in [1.165, 1.54) is 12.1 Å². The minimum absolute atomic E-state index is 0.110. The normalized spacial score (nSPS) is 15.9. The zero-order chi connectivity index (χ0) is 18.9. The van der Waals surface area contributed by atoms with E-state index < -0.39 is 20.9 Å². The van der Waals surface area contributed by atoms with Crippen molar-refractivity contribution in [2.45, 2.75) is 23.0 Å². The number of rotatable bonds is 3. The highest BCUT2D eigenvalue weighted by molar-refractivity contribution is 9.10. The number of carbonyl (C=O) groups excluding carboxylic acids is 1. The average Bonchev–Trinajstić information content (AvgIpc) is 2.63. The molecule has 0 N–H and O–H groups in total. The second-order valence-electron chi connectivity index (χ2n) is 6.11. The molecule has 1 saturated heterocycles. The van der Waals surface area contributed by atoms with Gasteiger partial charge in [-0.15, -0.1) is 0 Å². The predicted octanol–water partition coefficient (Wildman–Crippen LogP) is 4.32. The first-order valence-electron chi connectivity index (χ1n) is 8.03. The number of sulfone groups is 1. The lowest BCUT2D eigenvalue weighted by Crippen LogP contribution is -2.42. The number of hydrogen-bond acceptors (Lipinski definition) is 3. The summed E-state index contributed by atoms with van der Waals surface area (Å²) in [5, 5.41) is -0.228. The molecule has 1 fully saturated rings. The van der Waals surface area contributed by atoms with Crippen LogP contribution in [-0.2, 0) is 9.84 Å². The Kier molecular flexibility index (Phi) is 5.69. The third kappa shape index (κ3) is 3.94. The van der Waals surface area contributed by atoms with Crippen molar-refractivity contribution in [2.24, 2.45) is 0 Å². The number of carbonyl (C=O) groups is 1. The zero-order valence-corrected chi connectivity index (χ0v) is 16.8. The Labute approximate surface area is 165 Å². The fourth-order valence-electron chi connectivity index (χ4n) is 3.02. The van der Waals surface area contributed by atoms with Crippen molar-refractivity contribution in [1.29, 1.82) is 0 Å². The van der Waals surface area contributed by atoms with Gasteiger partial charge in [-0.3, -0.25) is 4.79 Å². The lowest BCUT2D eigenvalue weighted by atomic mass is 10.1. The van der Waals surface area contributed by atoms with Gasteiger partial charge in [-0.1, -0.05) is 27.5 Å². The number of piperidine rings is 1. The number of benzene rings is 2. The molecule has 0 bridgehead atoms. The van der Waals surface area contributed by atoms with Gasteiger partial charge in [0, 0.05) is 17.6 Å². The second-order valence-corrected chi connectivity index (χ2v) is 9.67. The number of halogens is 3. The monoisotopic (exact) mass is 459 g/mol. The van der Waals surface area contributed by atoms with Crippen LogP contribution in [0.2, 0.25) is 5.02 Å². The summed E-state index contributed by atoms with van der Waals surface area (Å²) in [6.45, 7) is 0.652. The van der Waals surface area contributed by atoms with Gasteiger partial charge in [0.25, 0.3) is 5.91 Å². The summed E-state index contributed by atoms with van der Waals surface area (Å²) in [5.74, 6) is -0.691. The SMILES string of the molecule is O=C(c1cc(Br)ccc1Cl)N1CCC(S(=O)(=O)c2ccc(F)cc2)CC1. The van der Waals surface area contributed by atoms with Crippen molar-refractivity contribution < 1.29 is 17.6 Å². The van der Waals surface area contributed by atoms with Crippen LogP contribution in [0.5, 0.6) is 0 Å². The van der Waals surface area contributed by atoms with E-state index in [2.05, 4.69) is 15.9 Å². The Morgan fingerprint density at radius 2 is 1.73 bits per heavy atom. The quantitative estimate of drug-likeness (QED) is 0.641. The Morgan fingerprint density at radius 3 is 2.35 bits per heavy atom. The van der Waals surface area contributed by atoms with Crippen molar-refractivity contribution in [3.8, 4) is 0 Å². The molecule has 1 aliphatic rings. The highest BCUT2D eigenvalue weighted by atomic mass is 79.9. The van der Waals surface area contributed by atoms with Crippen LogP contribution in [0.3, 0.4) is 0 Å². The van der Waals surface area contributed by atoms with E-state index in [-0.39, 0.29) is 10.8 Å². The second kappa shape index (κ2) is 7.66. The first-order chi connectivity index (χ1) is 12.3. The molecule has 2 aromatic rings. The zero-order valence-electron chi connectivity index (χ0n) is 13.7. The maximum Gasteiger partial charge on any atom is 0.255 e. The minimum atomic E-state index is -3.55. The molecule has 2 aromatic carbocycles. The number of nitrogens with zero attached hydrogens (tertiary/aromatic N) is 1. The molecule has 8 heteroatoms. The fourth-order valence-corrected chi connectivity index (χ4v) is 5.31. The smallest absolute Gasteiger partial charge is 0.255 e. The summed E-state index contributed by atoms with van der Waals surface area (Å²) in [6, 6.07) is 9.89. The molecule has 0 atom stereocenters. The van der Waals surface area contributed by atoms with Gasteiger partial charge in [0.2, 0.25) is 0 Å². The maximum atomic E-state index is 13.0. The van der Waals surface area contributed by atoms with E-state index in [9.17, 15) is 17.6 Å². The standard InChI is InChI=1S/C18H16BrClFNO3S/c19-12-1-6-17(20)16(11-12)18(23)22-9-7-15(8-10-22)26(24,25)14-4-2-13(21)3-5-14/h1-6,11,15H,7-10H2. The lowest BCUT2D eigenvalue weighted by Gasteiger charge is -2.32. The highest BCUT2D eigenvalue weighted by Gasteiger charge is 2.33. The van der Waals surface area contributed by atoms with Gasteiger partial charge in [-0.05, 0) is 55.3 Å². The van der Waals surface area contributed by atoms with Crippen molar-refractivity contribution in [1.82, 2.24) is 4.90 Å². The Hall–Kier alpha value is -1.44. The van der Waals surface area contributed by atoms with Crippen molar-refractivity contribution >= 4 is 43.3 Å². The van der Waals surface area contributed by atoms with Gasteiger partial charge in [0.1, 0.15) is 5.82 Å². The number of hydrogen-bond donors (Lipinski definition) is 0. The molecule has 26 heavy (non-hydrogen) atoms. The van der Waals surface area contributed by atoms with Crippen LogP contribution in [0.1, 0.15) is 23.2 Å². The summed E-state index contributed by atoms with van der Waals surface area (Å²) in [6.07, 6.45) is 0.661. The summed E-state index contributed by atoms with van der Waals surface area (Å²) in [7, 11) is -3.55. The van der Waals surface area contributed by atoms with E-state index in [0.29, 0.717) is 36.5 Å². The van der Waals surface area contributed by atoms with Crippen LogP contribution < -0.4 is 0 Å². The van der Waals surface area contributed by atoms with Gasteiger partial charge in [-0.25, -0.2) is 12.8 Å². The molecule has 0 saturated carbocycles. The molecular weight excluding hydrogens is 445 g/mol. The van der Waals surface area contributed by atoms with Crippen LogP contribution >= 0.6 is 27.5 Å². The van der Waals surface area contributed by atoms with Crippen LogP contribution in [0.4, 0.5) is 4.39 Å². The van der Waals surface area contributed by atoms with Gasteiger partial charge >= 0.3 is 0 Å².